The summed E-state index contributed by atoms with van der Waals surface area (Å²) in [5, 5.41) is 2.97. The molecule has 1 amide bonds. The molecular weight excluding hydrogens is 330 g/mol. The molecule has 1 saturated heterocycles. The summed E-state index contributed by atoms with van der Waals surface area (Å²) in [4.78, 5) is 14.4. The van der Waals surface area contributed by atoms with Crippen LogP contribution in [0.3, 0.4) is 0 Å². The molecule has 3 N–H and O–H groups in total. The lowest BCUT2D eigenvalue weighted by Crippen LogP contribution is -2.45. The molecule has 1 aliphatic rings. The van der Waals surface area contributed by atoms with Gasteiger partial charge in [-0.3, -0.25) is 9.69 Å². The predicted molar refractivity (Wildman–Crippen MR) is 90.3 cm³/mol. The number of aryl methyl sites for hydroxylation is 1. The summed E-state index contributed by atoms with van der Waals surface area (Å²) in [6.45, 7) is 7.29. The highest BCUT2D eigenvalue weighted by atomic mass is 79.9. The number of benzene rings is 1. The smallest absolute Gasteiger partial charge is 0.238 e. The summed E-state index contributed by atoms with van der Waals surface area (Å²) in [5.74, 6) is 1.18. The minimum absolute atomic E-state index is 0.0323. The zero-order valence-electron chi connectivity index (χ0n) is 12.7. The fourth-order valence-corrected chi connectivity index (χ4v) is 3.38. The molecule has 1 heterocycles. The molecule has 0 saturated carbocycles. The second kappa shape index (κ2) is 7.38. The first-order valence-corrected chi connectivity index (χ1v) is 8.27. The predicted octanol–water partition coefficient (Wildman–Crippen LogP) is 2.61. The number of likely N-dealkylation sites (tertiary alicyclic amines) is 1. The summed E-state index contributed by atoms with van der Waals surface area (Å²) < 4.78 is 0.919. The number of carbonyl (C=O) groups is 1. The second-order valence-electron chi connectivity index (χ2n) is 6.03. The Balaban J connectivity index is 1.90. The van der Waals surface area contributed by atoms with Gasteiger partial charge in [-0.25, -0.2) is 0 Å². The molecule has 0 aromatic heterocycles. The highest BCUT2D eigenvalue weighted by molar-refractivity contribution is 9.10. The minimum atomic E-state index is 0.0323. The van der Waals surface area contributed by atoms with E-state index in [-0.39, 0.29) is 5.91 Å². The number of nitrogens with two attached hydrogens (primary N) is 1. The average Bonchev–Trinajstić information content (AvgIpc) is 2.44. The first-order valence-electron chi connectivity index (χ1n) is 7.48. The van der Waals surface area contributed by atoms with Gasteiger partial charge in [0.05, 0.1) is 12.2 Å². The van der Waals surface area contributed by atoms with Crippen LogP contribution in [0.15, 0.2) is 22.7 Å². The van der Waals surface area contributed by atoms with E-state index in [9.17, 15) is 4.79 Å². The number of anilines is 1. The standard InChI is InChI=1S/C16H24BrN3O/c1-11-3-4-15(14(17)7-11)19-16(21)10-20-6-5-12(2)13(8-18)9-20/h3-4,7,12-13H,5-6,8-10,18H2,1-2H3,(H,19,21). The van der Waals surface area contributed by atoms with Crippen molar-refractivity contribution in [2.75, 3.05) is 31.5 Å². The van der Waals surface area contributed by atoms with E-state index in [1.54, 1.807) is 0 Å². The molecule has 2 unspecified atom stereocenters. The topological polar surface area (TPSA) is 58.4 Å². The maximum atomic E-state index is 12.2. The normalized spacial score (nSPS) is 23.0. The third-order valence-electron chi connectivity index (χ3n) is 4.27. The van der Waals surface area contributed by atoms with Crippen LogP contribution in [-0.2, 0) is 4.79 Å². The highest BCUT2D eigenvalue weighted by Gasteiger charge is 2.26. The molecule has 21 heavy (non-hydrogen) atoms. The summed E-state index contributed by atoms with van der Waals surface area (Å²) >= 11 is 3.48. The van der Waals surface area contributed by atoms with Gasteiger partial charge in [-0.2, -0.15) is 0 Å². The van der Waals surface area contributed by atoms with Crippen molar-refractivity contribution in [3.8, 4) is 0 Å². The van der Waals surface area contributed by atoms with E-state index >= 15 is 0 Å². The third kappa shape index (κ3) is 4.53. The van der Waals surface area contributed by atoms with E-state index in [1.807, 2.05) is 25.1 Å². The molecule has 5 heteroatoms. The van der Waals surface area contributed by atoms with Crippen LogP contribution in [0.5, 0.6) is 0 Å². The van der Waals surface area contributed by atoms with Gasteiger partial charge >= 0.3 is 0 Å². The second-order valence-corrected chi connectivity index (χ2v) is 6.88. The first-order chi connectivity index (χ1) is 9.99. The van der Waals surface area contributed by atoms with E-state index in [4.69, 9.17) is 5.73 Å². The van der Waals surface area contributed by atoms with Crippen molar-refractivity contribution >= 4 is 27.5 Å². The van der Waals surface area contributed by atoms with Gasteiger partial charge in [0.1, 0.15) is 0 Å². The van der Waals surface area contributed by atoms with Crippen molar-refractivity contribution in [3.05, 3.63) is 28.2 Å². The molecule has 116 valence electrons. The quantitative estimate of drug-likeness (QED) is 0.874. The Bertz CT molecular complexity index is 506. The van der Waals surface area contributed by atoms with Crippen LogP contribution in [-0.4, -0.2) is 37.0 Å². The fraction of sp³-hybridized carbons (Fsp3) is 0.562. The molecule has 4 nitrogen and oxygen atoms in total. The van der Waals surface area contributed by atoms with Gasteiger partial charge in [0.15, 0.2) is 0 Å². The van der Waals surface area contributed by atoms with Crippen molar-refractivity contribution in [1.82, 2.24) is 4.90 Å². The minimum Gasteiger partial charge on any atom is -0.330 e. The van der Waals surface area contributed by atoms with E-state index < -0.39 is 0 Å². The highest BCUT2D eigenvalue weighted by Crippen LogP contribution is 2.24. The Morgan fingerprint density at radius 2 is 2.29 bits per heavy atom. The van der Waals surface area contributed by atoms with Crippen LogP contribution in [0.1, 0.15) is 18.9 Å². The number of nitrogens with zero attached hydrogens (tertiary/aromatic N) is 1. The van der Waals surface area contributed by atoms with Crippen LogP contribution in [0.25, 0.3) is 0 Å². The number of rotatable bonds is 4. The lowest BCUT2D eigenvalue weighted by atomic mass is 9.87. The van der Waals surface area contributed by atoms with Gasteiger partial charge in [0, 0.05) is 11.0 Å². The van der Waals surface area contributed by atoms with Crippen molar-refractivity contribution in [2.45, 2.75) is 20.3 Å². The molecule has 2 rings (SSSR count). The lowest BCUT2D eigenvalue weighted by molar-refractivity contribution is -0.117. The third-order valence-corrected chi connectivity index (χ3v) is 4.92. The van der Waals surface area contributed by atoms with Crippen molar-refractivity contribution in [2.24, 2.45) is 17.6 Å². The summed E-state index contributed by atoms with van der Waals surface area (Å²) in [5.41, 5.74) is 7.80. The first kappa shape index (κ1) is 16.5. The molecule has 1 aliphatic heterocycles. The molecule has 0 aliphatic carbocycles. The van der Waals surface area contributed by atoms with E-state index in [0.29, 0.717) is 24.9 Å². The Morgan fingerprint density at radius 1 is 1.52 bits per heavy atom. The number of carbonyl (C=O) groups excluding carboxylic acids is 1. The number of hydrogen-bond acceptors (Lipinski definition) is 3. The van der Waals surface area contributed by atoms with Crippen LogP contribution in [0.2, 0.25) is 0 Å². The van der Waals surface area contributed by atoms with Crippen LogP contribution in [0.4, 0.5) is 5.69 Å². The summed E-state index contributed by atoms with van der Waals surface area (Å²) in [6, 6.07) is 5.92. The van der Waals surface area contributed by atoms with Gasteiger partial charge in [-0.1, -0.05) is 13.0 Å². The van der Waals surface area contributed by atoms with Gasteiger partial charge < -0.3 is 11.1 Å². The molecule has 1 fully saturated rings. The molecule has 0 bridgehead atoms. The van der Waals surface area contributed by atoms with E-state index in [0.717, 1.165) is 35.2 Å². The summed E-state index contributed by atoms with van der Waals surface area (Å²) in [7, 11) is 0. The van der Waals surface area contributed by atoms with Gasteiger partial charge in [0.2, 0.25) is 5.91 Å². The fourth-order valence-electron chi connectivity index (χ4n) is 2.79. The zero-order chi connectivity index (χ0) is 15.4. The maximum absolute atomic E-state index is 12.2. The van der Waals surface area contributed by atoms with Crippen LogP contribution >= 0.6 is 15.9 Å². The molecule has 2 atom stereocenters. The van der Waals surface area contributed by atoms with E-state index in [1.165, 1.54) is 0 Å². The Morgan fingerprint density at radius 3 is 2.95 bits per heavy atom. The maximum Gasteiger partial charge on any atom is 0.238 e. The lowest BCUT2D eigenvalue weighted by Gasteiger charge is -2.36. The summed E-state index contributed by atoms with van der Waals surface area (Å²) in [6.07, 6.45) is 1.11. The molecular formula is C16H24BrN3O. The monoisotopic (exact) mass is 353 g/mol. The number of halogens is 1. The Hall–Kier alpha value is -0.910. The van der Waals surface area contributed by atoms with Crippen LogP contribution < -0.4 is 11.1 Å². The Kier molecular flexibility index (Phi) is 5.79. The molecule has 1 aromatic rings. The van der Waals surface area contributed by atoms with Gasteiger partial charge in [0.25, 0.3) is 0 Å². The van der Waals surface area contributed by atoms with Crippen molar-refractivity contribution < 1.29 is 4.79 Å². The van der Waals surface area contributed by atoms with Crippen molar-refractivity contribution in [3.63, 3.8) is 0 Å². The largest absolute Gasteiger partial charge is 0.330 e. The molecule has 0 spiro atoms. The van der Waals surface area contributed by atoms with Crippen molar-refractivity contribution in [1.29, 1.82) is 0 Å². The number of piperidine rings is 1. The SMILES string of the molecule is Cc1ccc(NC(=O)CN2CCC(C)C(CN)C2)c(Br)c1. The zero-order valence-corrected chi connectivity index (χ0v) is 14.3. The number of nitrogens with one attached hydrogen (secondary N) is 1. The molecule has 0 radical (unpaired) electrons. The van der Waals surface area contributed by atoms with Gasteiger partial charge in [-0.15, -0.1) is 0 Å². The average molecular weight is 354 g/mol. The Labute approximate surface area is 135 Å². The van der Waals surface area contributed by atoms with E-state index in [2.05, 4.69) is 33.1 Å². The molecule has 1 aromatic carbocycles. The van der Waals surface area contributed by atoms with Crippen LogP contribution in [0, 0.1) is 18.8 Å². The number of amides is 1. The number of hydrogen-bond donors (Lipinski definition) is 2. The van der Waals surface area contributed by atoms with Gasteiger partial charge in [-0.05, 0) is 71.9 Å².